The van der Waals surface area contributed by atoms with Gasteiger partial charge in [0, 0.05) is 17.1 Å². The van der Waals surface area contributed by atoms with Crippen LogP contribution in [0.1, 0.15) is 29.8 Å². The normalized spacial score (nSPS) is 17.0. The van der Waals surface area contributed by atoms with Crippen LogP contribution in [0, 0.1) is 6.92 Å². The summed E-state index contributed by atoms with van der Waals surface area (Å²) in [6.07, 6.45) is 2.46. The number of anilines is 1. The quantitative estimate of drug-likeness (QED) is 0.592. The lowest BCUT2D eigenvalue weighted by Crippen LogP contribution is -2.38. The molecule has 0 fully saturated rings. The molecule has 4 rings (SSSR count). The van der Waals surface area contributed by atoms with Crippen molar-refractivity contribution in [3.63, 3.8) is 0 Å². The molecule has 6 heteroatoms. The molecule has 1 aliphatic rings. The van der Waals surface area contributed by atoms with Gasteiger partial charge in [-0.3, -0.25) is 10.3 Å². The summed E-state index contributed by atoms with van der Waals surface area (Å²) in [5, 5.41) is 15.5. The number of guanidine groups is 1. The second-order valence-electron chi connectivity index (χ2n) is 6.28. The number of rotatable bonds is 3. The maximum Gasteiger partial charge on any atom is 0.220 e. The van der Waals surface area contributed by atoms with Gasteiger partial charge in [-0.15, -0.1) is 5.10 Å². The number of hydrogen-bond acceptors (Lipinski definition) is 5. The van der Waals surface area contributed by atoms with Crippen molar-refractivity contribution in [1.29, 1.82) is 0 Å². The molecular formula is C19H21N5O. The van der Waals surface area contributed by atoms with Gasteiger partial charge in [-0.05, 0) is 60.4 Å². The second-order valence-corrected chi connectivity index (χ2v) is 6.28. The highest BCUT2D eigenvalue weighted by molar-refractivity contribution is 6.05. The summed E-state index contributed by atoms with van der Waals surface area (Å²) >= 11 is 0. The third-order valence-electron chi connectivity index (χ3n) is 4.78. The van der Waals surface area contributed by atoms with Crippen LogP contribution < -0.4 is 16.1 Å². The van der Waals surface area contributed by atoms with E-state index >= 15 is 0 Å². The number of phenolic OH excluding ortho intramolecular Hbond substituents is 1. The Morgan fingerprint density at radius 3 is 2.92 bits per heavy atom. The van der Waals surface area contributed by atoms with Crippen molar-refractivity contribution < 1.29 is 5.11 Å². The van der Waals surface area contributed by atoms with E-state index in [1.807, 2.05) is 55.3 Å². The van der Waals surface area contributed by atoms with Crippen LogP contribution >= 0.6 is 0 Å². The molecule has 2 heterocycles. The van der Waals surface area contributed by atoms with Crippen LogP contribution in [0.5, 0.6) is 5.75 Å². The Bertz CT molecular complexity index is 975. The van der Waals surface area contributed by atoms with E-state index in [9.17, 15) is 5.11 Å². The lowest BCUT2D eigenvalue weighted by atomic mass is 9.99. The molecule has 128 valence electrons. The fraction of sp³-hybridized carbons (Fsp3) is 0.211. The van der Waals surface area contributed by atoms with E-state index in [0.717, 1.165) is 39.7 Å². The van der Waals surface area contributed by atoms with E-state index in [-0.39, 0.29) is 6.17 Å². The van der Waals surface area contributed by atoms with Crippen molar-refractivity contribution >= 4 is 22.5 Å². The molecule has 0 bridgehead atoms. The molecule has 1 atom stereocenters. The highest BCUT2D eigenvalue weighted by atomic mass is 16.3. The van der Waals surface area contributed by atoms with Gasteiger partial charge in [-0.2, -0.15) is 0 Å². The maximum atomic E-state index is 10.1. The van der Waals surface area contributed by atoms with Crippen molar-refractivity contribution in [2.75, 3.05) is 4.90 Å². The molecule has 0 saturated carbocycles. The van der Waals surface area contributed by atoms with Crippen LogP contribution in [-0.2, 0) is 6.42 Å². The van der Waals surface area contributed by atoms with E-state index in [4.69, 9.17) is 5.73 Å². The monoisotopic (exact) mass is 335 g/mol. The highest BCUT2D eigenvalue weighted by Gasteiger charge is 2.31. The third kappa shape index (κ3) is 2.38. The number of aromatic amines is 1. The van der Waals surface area contributed by atoms with Gasteiger partial charge in [0.1, 0.15) is 11.9 Å². The van der Waals surface area contributed by atoms with E-state index in [0.29, 0.717) is 11.7 Å². The average Bonchev–Trinajstić information content (AvgIpc) is 3.21. The zero-order valence-corrected chi connectivity index (χ0v) is 14.2. The minimum atomic E-state index is -0.216. The van der Waals surface area contributed by atoms with Crippen molar-refractivity contribution in [3.8, 4) is 5.75 Å². The van der Waals surface area contributed by atoms with Crippen LogP contribution in [0.3, 0.4) is 0 Å². The van der Waals surface area contributed by atoms with E-state index in [1.54, 1.807) is 6.07 Å². The van der Waals surface area contributed by atoms with E-state index < -0.39 is 0 Å². The number of aromatic nitrogens is 1. The number of hydrogen-bond donors (Lipinski definition) is 4. The third-order valence-corrected chi connectivity index (χ3v) is 4.78. The second kappa shape index (κ2) is 5.73. The zero-order valence-electron chi connectivity index (χ0n) is 14.2. The number of H-pyrrole nitrogens is 1. The van der Waals surface area contributed by atoms with Crippen LogP contribution in [-0.4, -0.2) is 16.1 Å². The minimum absolute atomic E-state index is 0.216. The highest BCUT2D eigenvalue weighted by Crippen LogP contribution is 2.36. The topological polar surface area (TPSA) is 89.7 Å². The molecule has 5 N–H and O–H groups in total. The zero-order chi connectivity index (χ0) is 17.6. The molecule has 6 nitrogen and oxygen atoms in total. The summed E-state index contributed by atoms with van der Waals surface area (Å²) in [5.41, 5.74) is 14.3. The predicted molar refractivity (Wildman–Crippen MR) is 100 cm³/mol. The molecule has 3 aromatic rings. The van der Waals surface area contributed by atoms with Gasteiger partial charge in [-0.1, -0.05) is 13.0 Å². The molecule has 1 aromatic heterocycles. The Hall–Kier alpha value is -3.15. The van der Waals surface area contributed by atoms with Crippen molar-refractivity contribution in [2.45, 2.75) is 26.4 Å². The van der Waals surface area contributed by atoms with Crippen molar-refractivity contribution in [3.05, 3.63) is 59.3 Å². The Morgan fingerprint density at radius 2 is 2.12 bits per heavy atom. The van der Waals surface area contributed by atoms with Gasteiger partial charge in [0.2, 0.25) is 5.96 Å². The Labute approximate surface area is 146 Å². The molecule has 0 radical (unpaired) electrons. The van der Waals surface area contributed by atoms with Gasteiger partial charge in [-0.25, -0.2) is 0 Å². The molecular weight excluding hydrogens is 314 g/mol. The standard InChI is InChI=1S/C19H21N5O/c1-3-12-10-14(11(2)9-17(12)25)18-22-23-19(20)24(18)16-6-4-5-15-13(16)7-8-21-15/h4-10,18,21-22,25H,3H2,1-2H3,(H2,20,23). The van der Waals surface area contributed by atoms with Crippen LogP contribution in [0.2, 0.25) is 0 Å². The van der Waals surface area contributed by atoms with E-state index in [2.05, 4.69) is 15.5 Å². The first-order valence-corrected chi connectivity index (χ1v) is 8.36. The van der Waals surface area contributed by atoms with Crippen molar-refractivity contribution in [1.82, 2.24) is 10.4 Å². The summed E-state index contributed by atoms with van der Waals surface area (Å²) in [6.45, 7) is 4.01. The van der Waals surface area contributed by atoms with Gasteiger partial charge >= 0.3 is 0 Å². The summed E-state index contributed by atoms with van der Waals surface area (Å²) in [6, 6.07) is 11.9. The van der Waals surface area contributed by atoms with Gasteiger partial charge < -0.3 is 15.8 Å². The summed E-state index contributed by atoms with van der Waals surface area (Å²) in [7, 11) is 0. The van der Waals surface area contributed by atoms with Crippen LogP contribution in [0.25, 0.3) is 10.9 Å². The Morgan fingerprint density at radius 1 is 1.28 bits per heavy atom. The summed E-state index contributed by atoms with van der Waals surface area (Å²) in [5.74, 6) is 0.749. The van der Waals surface area contributed by atoms with E-state index in [1.165, 1.54) is 0 Å². The molecule has 0 amide bonds. The molecule has 1 unspecified atom stereocenters. The predicted octanol–water partition coefficient (Wildman–Crippen LogP) is 3.08. The number of aryl methyl sites for hydroxylation is 2. The van der Waals surface area contributed by atoms with Crippen LogP contribution in [0.15, 0.2) is 47.7 Å². The first kappa shape index (κ1) is 15.4. The number of aromatic hydroxyl groups is 1. The number of fused-ring (bicyclic) bond motifs is 1. The largest absolute Gasteiger partial charge is 0.508 e. The molecule has 1 aliphatic heterocycles. The van der Waals surface area contributed by atoms with Gasteiger partial charge in [0.05, 0.1) is 5.69 Å². The Kier molecular flexibility index (Phi) is 3.53. The van der Waals surface area contributed by atoms with Crippen LogP contribution in [0.4, 0.5) is 5.69 Å². The van der Waals surface area contributed by atoms with Gasteiger partial charge in [0.15, 0.2) is 0 Å². The first-order valence-electron chi connectivity index (χ1n) is 8.36. The minimum Gasteiger partial charge on any atom is -0.508 e. The summed E-state index contributed by atoms with van der Waals surface area (Å²) in [4.78, 5) is 5.22. The SMILES string of the molecule is CCc1cc(C2NN=C(N)N2c2cccc3[nH]ccc23)c(C)cc1O. The number of nitrogens with two attached hydrogens (primary N) is 1. The fourth-order valence-corrected chi connectivity index (χ4v) is 3.46. The molecule has 2 aromatic carbocycles. The number of nitrogens with zero attached hydrogens (tertiary/aromatic N) is 2. The number of benzene rings is 2. The molecule has 0 saturated heterocycles. The molecule has 25 heavy (non-hydrogen) atoms. The Balaban J connectivity index is 1.85. The fourth-order valence-electron chi connectivity index (χ4n) is 3.46. The van der Waals surface area contributed by atoms with Crippen molar-refractivity contribution in [2.24, 2.45) is 10.8 Å². The number of nitrogens with one attached hydrogen (secondary N) is 2. The van der Waals surface area contributed by atoms with Gasteiger partial charge in [0.25, 0.3) is 0 Å². The molecule has 0 spiro atoms. The molecule has 0 aliphatic carbocycles. The lowest BCUT2D eigenvalue weighted by molar-refractivity contribution is 0.467. The average molecular weight is 335 g/mol. The maximum absolute atomic E-state index is 10.1. The smallest absolute Gasteiger partial charge is 0.220 e. The lowest BCUT2D eigenvalue weighted by Gasteiger charge is -2.28. The number of hydrazone groups is 1. The first-order chi connectivity index (χ1) is 12.1. The summed E-state index contributed by atoms with van der Waals surface area (Å²) < 4.78 is 0. The number of phenols is 1.